The number of fused-ring (bicyclic) bond motifs is 1. The number of hydrogen-bond donors (Lipinski definition) is 5. The van der Waals surface area contributed by atoms with Gasteiger partial charge < -0.3 is 5.73 Å². The average Bonchev–Trinajstić information content (AvgIpc) is 3.12. The lowest BCUT2D eigenvalue weighted by atomic mass is 9.92. The van der Waals surface area contributed by atoms with E-state index in [9.17, 15) is 35.5 Å². The summed E-state index contributed by atoms with van der Waals surface area (Å²) in [6.07, 6.45) is 6.83. The van der Waals surface area contributed by atoms with E-state index in [1.165, 1.54) is 42.1 Å². The average molecular weight is 825 g/mol. The second kappa shape index (κ2) is 15.5. The Bertz CT molecular complexity index is 2620. The summed E-state index contributed by atoms with van der Waals surface area (Å²) in [6, 6.07) is 19.1. The zero-order chi connectivity index (χ0) is 38.8. The van der Waals surface area contributed by atoms with Gasteiger partial charge in [0.2, 0.25) is 5.78 Å². The minimum absolute atomic E-state index is 0.00134. The summed E-state index contributed by atoms with van der Waals surface area (Å²) in [5.74, 6) is -1.23. The molecule has 0 bridgehead atoms. The number of ketones is 2. The lowest BCUT2D eigenvalue weighted by Gasteiger charge is -2.20. The van der Waals surface area contributed by atoms with Gasteiger partial charge in [-0.2, -0.15) is 27.0 Å². The highest BCUT2D eigenvalue weighted by molar-refractivity contribution is 7.99. The molecular weight excluding hydrogens is 802 g/mol. The molecule has 0 spiro atoms. The summed E-state index contributed by atoms with van der Waals surface area (Å²) < 4.78 is 69.5. The predicted molar refractivity (Wildman–Crippen MR) is 208 cm³/mol. The number of Topliss-reactive ketones (excluding diaryl/α,β-unsaturated/α-hetero) is 1. The summed E-state index contributed by atoms with van der Waals surface area (Å²) in [5, 5.41) is 16.2. The fourth-order valence-electron chi connectivity index (χ4n) is 4.87. The first-order valence-electron chi connectivity index (χ1n) is 15.1. The van der Waals surface area contributed by atoms with Gasteiger partial charge in [0.25, 0.3) is 20.2 Å². The molecule has 0 aliphatic heterocycles. The van der Waals surface area contributed by atoms with Crippen molar-refractivity contribution < 1.29 is 35.5 Å². The summed E-state index contributed by atoms with van der Waals surface area (Å²) in [6.45, 7) is 0. The van der Waals surface area contributed by atoms with Gasteiger partial charge in [-0.25, -0.2) is 0 Å². The molecule has 6 rings (SSSR count). The topological polar surface area (TPSA) is 242 Å². The first kappa shape index (κ1) is 38.3. The fourth-order valence-corrected chi connectivity index (χ4v) is 7.33. The van der Waals surface area contributed by atoms with Gasteiger partial charge in [0, 0.05) is 14.8 Å². The Kier molecular flexibility index (Phi) is 11.0. The van der Waals surface area contributed by atoms with Gasteiger partial charge >= 0.3 is 0 Å². The van der Waals surface area contributed by atoms with Crippen molar-refractivity contribution in [2.75, 3.05) is 16.6 Å². The van der Waals surface area contributed by atoms with Crippen LogP contribution in [-0.4, -0.2) is 48.9 Å². The number of nitrogen functional groups attached to an aromatic ring is 1. The number of halogens is 2. The van der Waals surface area contributed by atoms with Crippen molar-refractivity contribution in [1.29, 1.82) is 0 Å². The Morgan fingerprint density at radius 3 is 1.89 bits per heavy atom. The maximum absolute atomic E-state index is 13.8. The molecule has 0 saturated heterocycles. The van der Waals surface area contributed by atoms with Crippen LogP contribution in [0, 0.1) is 0 Å². The minimum Gasteiger partial charge on any atom is -0.396 e. The number of rotatable bonds is 10. The Labute approximate surface area is 321 Å². The molecule has 0 aromatic heterocycles. The van der Waals surface area contributed by atoms with Crippen LogP contribution in [0.4, 0.5) is 28.4 Å². The first-order chi connectivity index (χ1) is 25.6. The van der Waals surface area contributed by atoms with Gasteiger partial charge in [-0.3, -0.25) is 29.5 Å². The van der Waals surface area contributed by atoms with Crippen LogP contribution in [-0.2, 0) is 25.0 Å². The van der Waals surface area contributed by atoms with E-state index >= 15 is 0 Å². The van der Waals surface area contributed by atoms with Gasteiger partial charge in [0.1, 0.15) is 21.2 Å². The smallest absolute Gasteiger partial charge is 0.296 e. The van der Waals surface area contributed by atoms with Gasteiger partial charge in [0.05, 0.1) is 33.4 Å². The number of carbonyl (C=O) groups excluding carboxylic acids is 2. The SMILES string of the molecule is Nc1c(N=Nc2cc(Cl)ccc2Cl)c(S(=O)(=O)O)cc2c1C(=O)/C(=N\Nc1ccc(Sc3ccc(NN=C4C=CC(=O)C=C4)cc3)cc1)C(S(=O)(=O)O)=C2. The molecule has 274 valence electrons. The summed E-state index contributed by atoms with van der Waals surface area (Å²) in [5.41, 5.74) is 10.6. The highest BCUT2D eigenvalue weighted by Crippen LogP contribution is 2.41. The van der Waals surface area contributed by atoms with Crippen molar-refractivity contribution in [2.45, 2.75) is 14.7 Å². The van der Waals surface area contributed by atoms with Gasteiger partial charge in [-0.15, -0.1) is 10.2 Å². The van der Waals surface area contributed by atoms with Crippen molar-refractivity contribution in [1.82, 2.24) is 0 Å². The second-order valence-electron chi connectivity index (χ2n) is 11.1. The Hall–Kier alpha value is -5.47. The van der Waals surface area contributed by atoms with E-state index in [2.05, 4.69) is 31.3 Å². The normalized spacial score (nSPS) is 15.1. The third kappa shape index (κ3) is 8.83. The zero-order valence-corrected chi connectivity index (χ0v) is 31.0. The molecule has 4 aromatic rings. The first-order valence-corrected chi connectivity index (χ1v) is 19.5. The summed E-state index contributed by atoms with van der Waals surface area (Å²) in [4.78, 5) is 24.9. The third-order valence-electron chi connectivity index (χ3n) is 7.41. The van der Waals surface area contributed by atoms with Crippen LogP contribution in [0.3, 0.4) is 0 Å². The van der Waals surface area contributed by atoms with Crippen LogP contribution >= 0.6 is 35.0 Å². The van der Waals surface area contributed by atoms with E-state index in [1.807, 2.05) is 24.3 Å². The number of hydrogen-bond acceptors (Lipinski definition) is 14. The van der Waals surface area contributed by atoms with E-state index in [-0.39, 0.29) is 27.1 Å². The van der Waals surface area contributed by atoms with E-state index in [0.717, 1.165) is 27.6 Å². The van der Waals surface area contributed by atoms with E-state index in [4.69, 9.17) is 28.9 Å². The molecule has 0 radical (unpaired) electrons. The second-order valence-corrected chi connectivity index (χ2v) is 15.9. The highest BCUT2D eigenvalue weighted by atomic mass is 35.5. The van der Waals surface area contributed by atoms with Gasteiger partial charge in [-0.1, -0.05) is 35.0 Å². The standard InChI is InChI=1S/C34H23Cl2N7O8S3/c35-19-1-14-26(36)27(17-19)41-42-32-28(53(46,47)48)15-18-16-29(54(49,50)51)33(34(45)30(18)31(32)37)43-40-22-6-12-25(13-7-22)52-24-10-4-21(5-11-24)39-38-20-2-8-23(44)9-3-20/h1-17,39-40H,37H2,(H,46,47,48)(H,49,50,51)/b42-41?,43-33-. The number of allylic oxidation sites excluding steroid dienone is 5. The summed E-state index contributed by atoms with van der Waals surface area (Å²) in [7, 11) is -10.2. The van der Waals surface area contributed by atoms with Crippen LogP contribution < -0.4 is 16.6 Å². The van der Waals surface area contributed by atoms with E-state index < -0.39 is 58.5 Å². The largest absolute Gasteiger partial charge is 0.396 e. The molecule has 2 aliphatic rings. The van der Waals surface area contributed by atoms with Crippen LogP contribution in [0.25, 0.3) is 6.08 Å². The van der Waals surface area contributed by atoms with Crippen molar-refractivity contribution in [2.24, 2.45) is 20.4 Å². The van der Waals surface area contributed by atoms with Crippen molar-refractivity contribution in [3.05, 3.63) is 123 Å². The van der Waals surface area contributed by atoms with E-state index in [0.29, 0.717) is 11.4 Å². The molecule has 4 aromatic carbocycles. The number of anilines is 3. The van der Waals surface area contributed by atoms with Crippen molar-refractivity contribution in [3.63, 3.8) is 0 Å². The number of azo groups is 1. The minimum atomic E-state index is -5.12. The Morgan fingerprint density at radius 2 is 1.31 bits per heavy atom. The maximum Gasteiger partial charge on any atom is 0.296 e. The van der Waals surface area contributed by atoms with Crippen LogP contribution in [0.15, 0.2) is 137 Å². The quantitative estimate of drug-likeness (QED) is 0.0339. The number of nitrogens with zero attached hydrogens (tertiary/aromatic N) is 4. The molecule has 0 saturated carbocycles. The molecule has 54 heavy (non-hydrogen) atoms. The van der Waals surface area contributed by atoms with Crippen LogP contribution in [0.5, 0.6) is 0 Å². The molecule has 20 heteroatoms. The lowest BCUT2D eigenvalue weighted by Crippen LogP contribution is -2.28. The number of hydrazone groups is 2. The predicted octanol–water partition coefficient (Wildman–Crippen LogP) is 7.75. The molecule has 0 fully saturated rings. The molecule has 2 aliphatic carbocycles. The Balaban J connectivity index is 1.24. The third-order valence-corrected chi connectivity index (χ3v) is 10.7. The van der Waals surface area contributed by atoms with Crippen LogP contribution in [0.1, 0.15) is 15.9 Å². The Morgan fingerprint density at radius 1 is 0.722 bits per heavy atom. The lowest BCUT2D eigenvalue weighted by molar-refractivity contribution is -0.110. The molecular formula is C34H23Cl2N7O8S3. The fraction of sp³-hybridized carbons (Fsp3) is 0. The number of benzene rings is 4. The number of carbonyl (C=O) groups is 2. The zero-order valence-electron chi connectivity index (χ0n) is 27.0. The molecule has 0 atom stereocenters. The van der Waals surface area contributed by atoms with Gasteiger partial charge in [-0.05, 0) is 109 Å². The van der Waals surface area contributed by atoms with Crippen molar-refractivity contribution >= 4 is 113 Å². The van der Waals surface area contributed by atoms with Crippen molar-refractivity contribution in [3.8, 4) is 0 Å². The molecule has 15 nitrogen and oxygen atoms in total. The molecule has 6 N–H and O–H groups in total. The summed E-state index contributed by atoms with van der Waals surface area (Å²) >= 11 is 13.5. The number of nitrogens with two attached hydrogens (primary N) is 1. The number of nitrogens with one attached hydrogen (secondary N) is 2. The maximum atomic E-state index is 13.8. The molecule has 0 heterocycles. The molecule has 0 unspecified atom stereocenters. The van der Waals surface area contributed by atoms with E-state index in [1.54, 1.807) is 36.4 Å². The van der Waals surface area contributed by atoms with Gasteiger partial charge in [0.15, 0.2) is 11.5 Å². The molecule has 0 amide bonds. The van der Waals surface area contributed by atoms with Crippen LogP contribution in [0.2, 0.25) is 10.0 Å². The highest BCUT2D eigenvalue weighted by Gasteiger charge is 2.37. The monoisotopic (exact) mass is 823 g/mol.